The second-order valence-corrected chi connectivity index (χ2v) is 9.89. The molecule has 0 saturated carbocycles. The van der Waals surface area contributed by atoms with Crippen molar-refractivity contribution in [3.05, 3.63) is 60.1 Å². The van der Waals surface area contributed by atoms with Gasteiger partial charge in [0, 0.05) is 51.0 Å². The van der Waals surface area contributed by atoms with Gasteiger partial charge < -0.3 is 24.3 Å². The molecule has 4 heterocycles. The van der Waals surface area contributed by atoms with E-state index in [1.165, 1.54) is 11.8 Å². The molecule has 0 spiro atoms. The molecule has 1 amide bonds. The van der Waals surface area contributed by atoms with Crippen molar-refractivity contribution in [1.82, 2.24) is 20.2 Å². The summed E-state index contributed by atoms with van der Waals surface area (Å²) in [6.07, 6.45) is 2.14. The van der Waals surface area contributed by atoms with E-state index in [1.54, 1.807) is 6.07 Å². The fraction of sp³-hybridized carbons (Fsp3) is 0.423. The number of nitrogens with one attached hydrogen (secondary N) is 1. The quantitative estimate of drug-likeness (QED) is 0.376. The van der Waals surface area contributed by atoms with Crippen LogP contribution in [0.2, 0.25) is 0 Å². The summed E-state index contributed by atoms with van der Waals surface area (Å²) >= 11 is 1.52. The molecular weight excluding hydrogens is 462 g/mol. The Morgan fingerprint density at radius 1 is 1.11 bits per heavy atom. The number of amides is 1. The molecule has 5 rings (SSSR count). The number of benzene rings is 1. The van der Waals surface area contributed by atoms with Crippen LogP contribution in [-0.4, -0.2) is 73.3 Å². The SMILES string of the molecule is CN1CCN(c2cc(-c3ccccc3)nc(SCc3ccc(C(=O)NCC4CCCO4)o3)n2)CC1. The van der Waals surface area contributed by atoms with E-state index in [9.17, 15) is 4.79 Å². The molecule has 2 saturated heterocycles. The number of carbonyl (C=O) groups excluding carboxylic acids is 1. The molecule has 0 radical (unpaired) electrons. The van der Waals surface area contributed by atoms with Crippen LogP contribution in [0.4, 0.5) is 5.82 Å². The number of nitrogens with zero attached hydrogens (tertiary/aromatic N) is 4. The van der Waals surface area contributed by atoms with Crippen molar-refractivity contribution in [2.75, 3.05) is 51.3 Å². The fourth-order valence-corrected chi connectivity index (χ4v) is 4.99. The molecule has 8 nitrogen and oxygen atoms in total. The number of hydrogen-bond donors (Lipinski definition) is 1. The summed E-state index contributed by atoms with van der Waals surface area (Å²) in [7, 11) is 2.15. The molecule has 1 N–H and O–H groups in total. The van der Waals surface area contributed by atoms with E-state index in [2.05, 4.69) is 40.4 Å². The first-order chi connectivity index (χ1) is 17.1. The van der Waals surface area contributed by atoms with Gasteiger partial charge in [0.2, 0.25) is 0 Å². The lowest BCUT2D eigenvalue weighted by atomic mass is 10.1. The molecule has 1 atom stereocenters. The minimum absolute atomic E-state index is 0.104. The first-order valence-corrected chi connectivity index (χ1v) is 13.1. The van der Waals surface area contributed by atoms with Crippen LogP contribution in [0.3, 0.4) is 0 Å². The minimum atomic E-state index is -0.212. The van der Waals surface area contributed by atoms with Gasteiger partial charge >= 0.3 is 0 Å². The molecule has 3 aromatic rings. The van der Waals surface area contributed by atoms with E-state index in [0.717, 1.165) is 62.7 Å². The second-order valence-electron chi connectivity index (χ2n) is 8.95. The fourth-order valence-electron chi connectivity index (χ4n) is 4.24. The van der Waals surface area contributed by atoms with Crippen molar-refractivity contribution < 1.29 is 13.9 Å². The number of furan rings is 1. The summed E-state index contributed by atoms with van der Waals surface area (Å²) in [6.45, 7) is 5.18. The van der Waals surface area contributed by atoms with Gasteiger partial charge in [-0.3, -0.25) is 4.79 Å². The normalized spacial score (nSPS) is 18.7. The lowest BCUT2D eigenvalue weighted by Crippen LogP contribution is -2.44. The van der Waals surface area contributed by atoms with E-state index in [4.69, 9.17) is 19.1 Å². The van der Waals surface area contributed by atoms with Gasteiger partial charge in [-0.1, -0.05) is 42.1 Å². The van der Waals surface area contributed by atoms with E-state index in [0.29, 0.717) is 29.0 Å². The zero-order valence-corrected chi connectivity index (χ0v) is 20.8. The Labute approximate surface area is 210 Å². The lowest BCUT2D eigenvalue weighted by Gasteiger charge is -2.33. The number of anilines is 1. The largest absolute Gasteiger partial charge is 0.455 e. The molecule has 0 aliphatic carbocycles. The topological polar surface area (TPSA) is 83.7 Å². The van der Waals surface area contributed by atoms with Gasteiger partial charge in [-0.2, -0.15) is 0 Å². The number of aromatic nitrogens is 2. The third kappa shape index (κ3) is 6.22. The molecule has 184 valence electrons. The highest BCUT2D eigenvalue weighted by Crippen LogP contribution is 2.28. The smallest absolute Gasteiger partial charge is 0.287 e. The van der Waals surface area contributed by atoms with Gasteiger partial charge in [0.05, 0.1) is 17.6 Å². The number of carbonyl (C=O) groups is 1. The van der Waals surface area contributed by atoms with Gasteiger partial charge in [-0.05, 0) is 32.0 Å². The molecular formula is C26H31N5O3S. The molecule has 1 unspecified atom stereocenters. The van der Waals surface area contributed by atoms with Crippen molar-refractivity contribution in [2.24, 2.45) is 0 Å². The predicted octanol–water partition coefficient (Wildman–Crippen LogP) is 3.69. The van der Waals surface area contributed by atoms with E-state index >= 15 is 0 Å². The van der Waals surface area contributed by atoms with Crippen molar-refractivity contribution in [3.8, 4) is 11.3 Å². The van der Waals surface area contributed by atoms with Crippen molar-refractivity contribution in [3.63, 3.8) is 0 Å². The highest BCUT2D eigenvalue weighted by atomic mass is 32.2. The van der Waals surface area contributed by atoms with Gasteiger partial charge in [-0.25, -0.2) is 9.97 Å². The number of hydrogen-bond acceptors (Lipinski definition) is 8. The van der Waals surface area contributed by atoms with E-state index in [-0.39, 0.29) is 12.0 Å². The van der Waals surface area contributed by atoms with Crippen LogP contribution in [0.5, 0.6) is 0 Å². The molecule has 35 heavy (non-hydrogen) atoms. The van der Waals surface area contributed by atoms with Gasteiger partial charge in [0.1, 0.15) is 11.6 Å². The van der Waals surface area contributed by atoms with Gasteiger partial charge in [0.25, 0.3) is 5.91 Å². The first kappa shape index (κ1) is 23.8. The summed E-state index contributed by atoms with van der Waals surface area (Å²) < 4.78 is 11.4. The molecule has 2 aromatic heterocycles. The molecule has 2 aliphatic heterocycles. The molecule has 9 heteroatoms. The van der Waals surface area contributed by atoms with Crippen LogP contribution in [-0.2, 0) is 10.5 Å². The first-order valence-electron chi connectivity index (χ1n) is 12.1. The van der Waals surface area contributed by atoms with Crippen LogP contribution in [0, 0.1) is 0 Å². The van der Waals surface area contributed by atoms with Crippen molar-refractivity contribution in [2.45, 2.75) is 29.9 Å². The third-order valence-corrected chi connectivity index (χ3v) is 7.20. The minimum Gasteiger partial charge on any atom is -0.455 e. The highest BCUT2D eigenvalue weighted by Gasteiger charge is 2.20. The Bertz CT molecular complexity index is 1130. The summed E-state index contributed by atoms with van der Waals surface area (Å²) in [4.78, 5) is 26.8. The van der Waals surface area contributed by atoms with Crippen LogP contribution < -0.4 is 10.2 Å². The van der Waals surface area contributed by atoms with Gasteiger partial charge in [-0.15, -0.1) is 0 Å². The Kier molecular flexibility index (Phi) is 7.66. The zero-order valence-electron chi connectivity index (χ0n) is 20.0. The van der Waals surface area contributed by atoms with Crippen molar-refractivity contribution >= 4 is 23.5 Å². The monoisotopic (exact) mass is 493 g/mol. The van der Waals surface area contributed by atoms with Crippen LogP contribution in [0.25, 0.3) is 11.3 Å². The van der Waals surface area contributed by atoms with Crippen molar-refractivity contribution in [1.29, 1.82) is 0 Å². The standard InChI is InChI=1S/C26H31N5O3S/c1-30-11-13-31(14-12-30)24-16-22(19-6-3-2-4-7-19)28-26(29-24)35-18-21-9-10-23(34-21)25(32)27-17-20-8-5-15-33-20/h2-4,6-7,9-10,16,20H,5,8,11-15,17-18H2,1H3,(H,27,32). The number of rotatable bonds is 8. The number of ether oxygens (including phenoxy) is 1. The number of likely N-dealkylation sites (N-methyl/N-ethyl adjacent to an activating group) is 1. The lowest BCUT2D eigenvalue weighted by molar-refractivity contribution is 0.0834. The van der Waals surface area contributed by atoms with E-state index < -0.39 is 0 Å². The second kappa shape index (κ2) is 11.2. The maximum Gasteiger partial charge on any atom is 0.287 e. The Balaban J connectivity index is 1.27. The predicted molar refractivity (Wildman–Crippen MR) is 137 cm³/mol. The maximum absolute atomic E-state index is 12.4. The Morgan fingerprint density at radius 3 is 2.71 bits per heavy atom. The highest BCUT2D eigenvalue weighted by molar-refractivity contribution is 7.98. The Morgan fingerprint density at radius 2 is 1.94 bits per heavy atom. The summed E-state index contributed by atoms with van der Waals surface area (Å²) in [6, 6.07) is 15.8. The van der Waals surface area contributed by atoms with E-state index in [1.807, 2.05) is 24.3 Å². The Hall–Kier alpha value is -2.88. The molecule has 2 fully saturated rings. The van der Waals surface area contributed by atoms with Crippen LogP contribution in [0.1, 0.15) is 29.2 Å². The molecule has 1 aromatic carbocycles. The average Bonchev–Trinajstić information content (AvgIpc) is 3.59. The summed E-state index contributed by atoms with van der Waals surface area (Å²) in [5.74, 6) is 2.31. The van der Waals surface area contributed by atoms with Gasteiger partial charge in [0.15, 0.2) is 10.9 Å². The maximum atomic E-state index is 12.4. The third-order valence-electron chi connectivity index (χ3n) is 6.33. The van der Waals surface area contributed by atoms with Crippen LogP contribution in [0.15, 0.2) is 58.1 Å². The molecule has 2 aliphatic rings. The zero-order chi connectivity index (χ0) is 24.0. The molecule has 0 bridgehead atoms. The number of thioether (sulfide) groups is 1. The summed E-state index contributed by atoms with van der Waals surface area (Å²) in [5, 5.41) is 3.60. The average molecular weight is 494 g/mol. The van der Waals surface area contributed by atoms with Crippen LogP contribution >= 0.6 is 11.8 Å². The summed E-state index contributed by atoms with van der Waals surface area (Å²) in [5.41, 5.74) is 1.97. The number of piperazine rings is 1.